The first-order valence-corrected chi connectivity index (χ1v) is 8.42. The van der Waals surface area contributed by atoms with E-state index in [1.54, 1.807) is 0 Å². The van der Waals surface area contributed by atoms with Crippen LogP contribution in [0.25, 0.3) is 0 Å². The fourth-order valence-electron chi connectivity index (χ4n) is 2.56. The van der Waals surface area contributed by atoms with Crippen LogP contribution >= 0.6 is 0 Å². The van der Waals surface area contributed by atoms with E-state index in [1.165, 1.54) is 0 Å². The second kappa shape index (κ2) is 5.79. The van der Waals surface area contributed by atoms with E-state index in [1.807, 2.05) is 20.8 Å². The first-order valence-electron chi connectivity index (χ1n) is 6.77. The second-order valence-corrected chi connectivity index (χ2v) is 8.59. The summed E-state index contributed by atoms with van der Waals surface area (Å²) < 4.78 is 26.4. The summed E-state index contributed by atoms with van der Waals surface area (Å²) in [5.74, 6) is -0.874. The van der Waals surface area contributed by atoms with Crippen LogP contribution in [-0.4, -0.2) is 31.8 Å². The van der Waals surface area contributed by atoms with E-state index in [4.69, 9.17) is 0 Å². The Morgan fingerprint density at radius 3 is 2.16 bits per heavy atom. The van der Waals surface area contributed by atoms with Crippen LogP contribution in [0.1, 0.15) is 52.9 Å². The first kappa shape index (κ1) is 16.4. The number of nitrogens with one attached hydrogen (secondary N) is 1. The van der Waals surface area contributed by atoms with Crippen molar-refractivity contribution in [2.45, 2.75) is 52.9 Å². The molecule has 0 heterocycles. The molecule has 1 rings (SSSR count). The topological polar surface area (TPSA) is 83.5 Å². The molecular weight excluding hydrogens is 266 g/mol. The van der Waals surface area contributed by atoms with Crippen molar-refractivity contribution in [1.82, 2.24) is 4.72 Å². The summed E-state index contributed by atoms with van der Waals surface area (Å²) in [6.07, 6.45) is 3.85. The molecular formula is C13H25NO4S. The zero-order valence-corrected chi connectivity index (χ0v) is 12.8. The van der Waals surface area contributed by atoms with Gasteiger partial charge >= 0.3 is 5.97 Å². The van der Waals surface area contributed by atoms with Gasteiger partial charge in [-0.25, -0.2) is 13.1 Å². The molecule has 2 N–H and O–H groups in total. The summed E-state index contributed by atoms with van der Waals surface area (Å²) in [4.78, 5) is 11.4. The quantitative estimate of drug-likeness (QED) is 0.811. The van der Waals surface area contributed by atoms with Gasteiger partial charge in [0.2, 0.25) is 10.0 Å². The van der Waals surface area contributed by atoms with Gasteiger partial charge in [-0.15, -0.1) is 0 Å². The normalized spacial score (nSPS) is 20.2. The van der Waals surface area contributed by atoms with E-state index in [2.05, 4.69) is 4.72 Å². The predicted molar refractivity (Wildman–Crippen MR) is 74.4 cm³/mol. The van der Waals surface area contributed by atoms with E-state index in [9.17, 15) is 18.3 Å². The van der Waals surface area contributed by atoms with Crippen LogP contribution in [0.3, 0.4) is 0 Å². The summed E-state index contributed by atoms with van der Waals surface area (Å²) in [5.41, 5.74) is -1.25. The van der Waals surface area contributed by atoms with E-state index in [-0.39, 0.29) is 17.7 Å². The minimum atomic E-state index is -3.42. The molecule has 19 heavy (non-hydrogen) atoms. The zero-order chi connectivity index (χ0) is 14.7. The highest BCUT2D eigenvalue weighted by molar-refractivity contribution is 7.89. The number of sulfonamides is 1. The standard InChI is InChI=1S/C13H25NO4S/c1-12(2,3)10-19(17,18)14-9-13(11(15)16)7-5-4-6-8-13/h14H,4-10H2,1-3H3,(H,15,16). The molecule has 0 amide bonds. The van der Waals surface area contributed by atoms with E-state index in [0.29, 0.717) is 12.8 Å². The molecule has 0 atom stereocenters. The highest BCUT2D eigenvalue weighted by Crippen LogP contribution is 2.36. The monoisotopic (exact) mass is 291 g/mol. The smallest absolute Gasteiger partial charge is 0.310 e. The second-order valence-electron chi connectivity index (χ2n) is 6.79. The van der Waals surface area contributed by atoms with Gasteiger partial charge in [0.1, 0.15) is 0 Å². The summed E-state index contributed by atoms with van der Waals surface area (Å²) in [7, 11) is -3.42. The number of hydrogen-bond acceptors (Lipinski definition) is 3. The molecule has 5 nitrogen and oxygen atoms in total. The number of carboxylic acid groups (broad SMARTS) is 1. The van der Waals surface area contributed by atoms with Crippen LogP contribution in [-0.2, 0) is 14.8 Å². The fraction of sp³-hybridized carbons (Fsp3) is 0.923. The van der Waals surface area contributed by atoms with Gasteiger partial charge in [-0.3, -0.25) is 4.79 Å². The van der Waals surface area contributed by atoms with Gasteiger partial charge in [0.25, 0.3) is 0 Å². The Hall–Kier alpha value is -0.620. The van der Waals surface area contributed by atoms with Gasteiger partial charge in [-0.05, 0) is 18.3 Å². The third kappa shape index (κ3) is 5.10. The van der Waals surface area contributed by atoms with Crippen LogP contribution in [0.2, 0.25) is 0 Å². The number of carbonyl (C=O) groups is 1. The van der Waals surface area contributed by atoms with E-state index in [0.717, 1.165) is 19.3 Å². The molecule has 0 aromatic rings. The molecule has 1 saturated carbocycles. The van der Waals surface area contributed by atoms with Gasteiger partial charge in [-0.2, -0.15) is 0 Å². The molecule has 0 bridgehead atoms. The Morgan fingerprint density at radius 1 is 1.21 bits per heavy atom. The molecule has 0 aromatic heterocycles. The molecule has 6 heteroatoms. The van der Waals surface area contributed by atoms with Gasteiger partial charge in [0.05, 0.1) is 11.2 Å². The van der Waals surface area contributed by atoms with Crippen LogP contribution in [0.15, 0.2) is 0 Å². The molecule has 0 aromatic carbocycles. The molecule has 0 unspecified atom stereocenters. The highest BCUT2D eigenvalue weighted by Gasteiger charge is 2.40. The largest absolute Gasteiger partial charge is 0.481 e. The molecule has 112 valence electrons. The van der Waals surface area contributed by atoms with Gasteiger partial charge in [0, 0.05) is 6.54 Å². The number of aliphatic carboxylic acids is 1. The highest BCUT2D eigenvalue weighted by atomic mass is 32.2. The maximum atomic E-state index is 11.9. The Labute approximate surface area is 115 Å². The van der Waals surface area contributed by atoms with Crippen LogP contribution in [0.5, 0.6) is 0 Å². The summed E-state index contributed by atoms with van der Waals surface area (Å²) in [5, 5.41) is 9.38. The summed E-state index contributed by atoms with van der Waals surface area (Å²) in [6, 6.07) is 0. The van der Waals surface area contributed by atoms with Crippen LogP contribution in [0, 0.1) is 10.8 Å². The molecule has 1 aliphatic carbocycles. The Balaban J connectivity index is 2.69. The van der Waals surface area contributed by atoms with E-state index >= 15 is 0 Å². The molecule has 1 aliphatic rings. The third-order valence-electron chi connectivity index (χ3n) is 3.52. The molecule has 1 fully saturated rings. The van der Waals surface area contributed by atoms with Crippen molar-refractivity contribution < 1.29 is 18.3 Å². The number of carboxylic acids is 1. The van der Waals surface area contributed by atoms with Crippen molar-refractivity contribution in [2.75, 3.05) is 12.3 Å². The lowest BCUT2D eigenvalue weighted by Gasteiger charge is -2.33. The van der Waals surface area contributed by atoms with Crippen molar-refractivity contribution >= 4 is 16.0 Å². The molecule has 0 spiro atoms. The summed E-state index contributed by atoms with van der Waals surface area (Å²) >= 11 is 0. The minimum absolute atomic E-state index is 0.00962. The average molecular weight is 291 g/mol. The lowest BCUT2D eigenvalue weighted by molar-refractivity contribution is -0.150. The zero-order valence-electron chi connectivity index (χ0n) is 12.0. The van der Waals surface area contributed by atoms with Crippen molar-refractivity contribution in [3.63, 3.8) is 0 Å². The number of hydrogen-bond donors (Lipinski definition) is 2. The minimum Gasteiger partial charge on any atom is -0.481 e. The van der Waals surface area contributed by atoms with Crippen molar-refractivity contribution in [3.05, 3.63) is 0 Å². The van der Waals surface area contributed by atoms with Gasteiger partial charge in [-0.1, -0.05) is 40.0 Å². The molecule has 0 aliphatic heterocycles. The van der Waals surface area contributed by atoms with Crippen molar-refractivity contribution in [1.29, 1.82) is 0 Å². The molecule has 0 saturated heterocycles. The lowest BCUT2D eigenvalue weighted by Crippen LogP contribution is -2.45. The number of rotatable bonds is 5. The lowest BCUT2D eigenvalue weighted by atomic mass is 9.74. The molecule has 0 radical (unpaired) electrons. The van der Waals surface area contributed by atoms with Crippen LogP contribution < -0.4 is 4.72 Å². The fourth-order valence-corrected chi connectivity index (χ4v) is 4.30. The third-order valence-corrected chi connectivity index (χ3v) is 5.35. The Kier molecular flexibility index (Phi) is 5.01. The predicted octanol–water partition coefficient (Wildman–Crippen LogP) is 1.99. The Morgan fingerprint density at radius 2 is 1.74 bits per heavy atom. The van der Waals surface area contributed by atoms with Crippen molar-refractivity contribution in [3.8, 4) is 0 Å². The van der Waals surface area contributed by atoms with Gasteiger partial charge in [0.15, 0.2) is 0 Å². The maximum Gasteiger partial charge on any atom is 0.310 e. The van der Waals surface area contributed by atoms with E-state index < -0.39 is 21.4 Å². The van der Waals surface area contributed by atoms with Crippen molar-refractivity contribution in [2.24, 2.45) is 10.8 Å². The maximum absolute atomic E-state index is 11.9. The SMILES string of the molecule is CC(C)(C)CS(=O)(=O)NCC1(C(=O)O)CCCCC1. The average Bonchev–Trinajstić information content (AvgIpc) is 2.24. The summed E-state index contributed by atoms with van der Waals surface area (Å²) in [6.45, 7) is 5.56. The Bertz CT molecular complexity index is 416. The van der Waals surface area contributed by atoms with Crippen LogP contribution in [0.4, 0.5) is 0 Å². The van der Waals surface area contributed by atoms with Gasteiger partial charge < -0.3 is 5.11 Å². The first-order chi connectivity index (χ1) is 8.56.